The van der Waals surface area contributed by atoms with E-state index in [1.807, 2.05) is 18.2 Å². The van der Waals surface area contributed by atoms with Gasteiger partial charge in [0.1, 0.15) is 5.75 Å². The van der Waals surface area contributed by atoms with Gasteiger partial charge in [0, 0.05) is 37.0 Å². The van der Waals surface area contributed by atoms with Crippen molar-refractivity contribution in [2.45, 2.75) is 6.42 Å². The van der Waals surface area contributed by atoms with Gasteiger partial charge in [-0.3, -0.25) is 15.1 Å². The molecule has 0 saturated heterocycles. The maximum absolute atomic E-state index is 10.6. The van der Waals surface area contributed by atoms with Gasteiger partial charge in [-0.25, -0.2) is 0 Å². The first-order valence-electron chi connectivity index (χ1n) is 5.78. The lowest BCUT2D eigenvalue weighted by molar-refractivity contribution is -0.384. The van der Waals surface area contributed by atoms with E-state index in [-0.39, 0.29) is 11.4 Å². The third kappa shape index (κ3) is 3.41. The summed E-state index contributed by atoms with van der Waals surface area (Å²) in [6.45, 7) is 0.533. The lowest BCUT2D eigenvalue weighted by Gasteiger charge is -2.07. The van der Waals surface area contributed by atoms with Gasteiger partial charge >= 0.3 is 0 Å². The highest BCUT2D eigenvalue weighted by atomic mass is 16.6. The van der Waals surface area contributed by atoms with Crippen molar-refractivity contribution in [1.29, 1.82) is 0 Å². The molecular weight excluding hydrogens is 246 g/mol. The topological polar surface area (TPSA) is 88.3 Å². The largest absolute Gasteiger partial charge is 0.506 e. The fraction of sp³-hybridized carbons (Fsp3) is 0.154. The van der Waals surface area contributed by atoms with E-state index in [4.69, 9.17) is 0 Å². The zero-order valence-corrected chi connectivity index (χ0v) is 10.1. The van der Waals surface area contributed by atoms with E-state index in [0.29, 0.717) is 18.7 Å². The zero-order valence-electron chi connectivity index (χ0n) is 10.1. The Labute approximate surface area is 109 Å². The number of benzene rings is 1. The fourth-order valence-electron chi connectivity index (χ4n) is 1.65. The number of anilines is 1. The average molecular weight is 259 g/mol. The van der Waals surface area contributed by atoms with Gasteiger partial charge in [-0.15, -0.1) is 0 Å². The van der Waals surface area contributed by atoms with Crippen molar-refractivity contribution >= 4 is 11.4 Å². The first kappa shape index (κ1) is 12.8. The molecule has 98 valence electrons. The molecule has 0 aliphatic heterocycles. The summed E-state index contributed by atoms with van der Waals surface area (Å²) >= 11 is 0. The van der Waals surface area contributed by atoms with Crippen LogP contribution >= 0.6 is 0 Å². The van der Waals surface area contributed by atoms with Crippen LogP contribution in [0.4, 0.5) is 11.4 Å². The molecule has 2 N–H and O–H groups in total. The molecule has 2 rings (SSSR count). The van der Waals surface area contributed by atoms with Gasteiger partial charge in [-0.1, -0.05) is 6.07 Å². The monoisotopic (exact) mass is 259 g/mol. The zero-order chi connectivity index (χ0) is 13.7. The molecule has 0 amide bonds. The summed E-state index contributed by atoms with van der Waals surface area (Å²) in [5.41, 5.74) is 1.21. The van der Waals surface area contributed by atoms with Crippen molar-refractivity contribution in [1.82, 2.24) is 4.98 Å². The average Bonchev–Trinajstić information content (AvgIpc) is 2.42. The number of nitrogens with zero attached hydrogens (tertiary/aromatic N) is 2. The Morgan fingerprint density at radius 3 is 2.84 bits per heavy atom. The van der Waals surface area contributed by atoms with Crippen LogP contribution in [0.1, 0.15) is 5.69 Å². The van der Waals surface area contributed by atoms with E-state index >= 15 is 0 Å². The normalized spacial score (nSPS) is 10.1. The Morgan fingerprint density at radius 1 is 1.32 bits per heavy atom. The molecule has 0 aliphatic carbocycles. The van der Waals surface area contributed by atoms with Gasteiger partial charge in [-0.05, 0) is 18.2 Å². The first-order chi connectivity index (χ1) is 9.16. The van der Waals surface area contributed by atoms with Crippen LogP contribution in [0, 0.1) is 10.1 Å². The number of nitrogens with one attached hydrogen (secondary N) is 1. The van der Waals surface area contributed by atoms with Crippen molar-refractivity contribution in [3.8, 4) is 5.75 Å². The first-order valence-corrected chi connectivity index (χ1v) is 5.78. The van der Waals surface area contributed by atoms with Crippen molar-refractivity contribution in [3.05, 3.63) is 58.4 Å². The number of phenols is 1. The third-order valence-corrected chi connectivity index (χ3v) is 2.61. The number of hydrogen-bond donors (Lipinski definition) is 2. The number of phenolic OH excluding ortho intramolecular Hbond substituents is 1. The van der Waals surface area contributed by atoms with E-state index in [1.54, 1.807) is 6.20 Å². The number of hydrogen-bond acceptors (Lipinski definition) is 5. The molecule has 0 spiro atoms. The molecule has 0 unspecified atom stereocenters. The molecule has 2 aromatic rings. The Bertz CT molecular complexity index is 573. The molecule has 6 nitrogen and oxygen atoms in total. The van der Waals surface area contributed by atoms with Crippen LogP contribution in [0.25, 0.3) is 0 Å². The molecule has 0 aliphatic rings. The van der Waals surface area contributed by atoms with Gasteiger partial charge in [0.15, 0.2) is 0 Å². The third-order valence-electron chi connectivity index (χ3n) is 2.61. The highest BCUT2D eigenvalue weighted by molar-refractivity contribution is 5.60. The molecule has 0 fully saturated rings. The number of non-ortho nitro benzene ring substituents is 1. The number of pyridine rings is 1. The summed E-state index contributed by atoms with van der Waals surface area (Å²) in [6, 6.07) is 9.51. The molecule has 19 heavy (non-hydrogen) atoms. The van der Waals surface area contributed by atoms with Crippen LogP contribution in [0.5, 0.6) is 5.75 Å². The quantitative estimate of drug-likeness (QED) is 0.489. The summed E-state index contributed by atoms with van der Waals surface area (Å²) in [7, 11) is 0. The minimum atomic E-state index is -0.497. The number of nitro groups is 1. The van der Waals surface area contributed by atoms with E-state index in [0.717, 1.165) is 5.69 Å². The van der Waals surface area contributed by atoms with Crippen LogP contribution in [0.15, 0.2) is 42.6 Å². The molecule has 1 aromatic heterocycles. The second-order valence-electron chi connectivity index (χ2n) is 3.96. The minimum absolute atomic E-state index is 0.00776. The van der Waals surface area contributed by atoms with E-state index in [1.165, 1.54) is 18.2 Å². The van der Waals surface area contributed by atoms with Crippen LogP contribution in [-0.2, 0) is 6.42 Å². The van der Waals surface area contributed by atoms with Gasteiger partial charge in [0.2, 0.25) is 0 Å². The van der Waals surface area contributed by atoms with Crippen molar-refractivity contribution in [2.75, 3.05) is 11.9 Å². The Morgan fingerprint density at radius 2 is 2.16 bits per heavy atom. The molecule has 0 saturated carbocycles. The second kappa shape index (κ2) is 5.81. The Balaban J connectivity index is 1.99. The predicted octanol–water partition coefficient (Wildman–Crippen LogP) is 2.35. The number of nitro benzene ring substituents is 1. The summed E-state index contributed by atoms with van der Waals surface area (Å²) in [4.78, 5) is 14.3. The highest BCUT2D eigenvalue weighted by Crippen LogP contribution is 2.27. The summed E-state index contributed by atoms with van der Waals surface area (Å²) in [5, 5.41) is 23.2. The van der Waals surface area contributed by atoms with Crippen molar-refractivity contribution in [3.63, 3.8) is 0 Å². The SMILES string of the molecule is O=[N+]([O-])c1ccc(O)c(NCCc2ccccn2)c1. The van der Waals surface area contributed by atoms with Gasteiger partial charge in [0.25, 0.3) is 5.69 Å². The van der Waals surface area contributed by atoms with Gasteiger partial charge in [-0.2, -0.15) is 0 Å². The molecular formula is C13H13N3O3. The molecule has 1 aromatic carbocycles. The number of aromatic hydroxyl groups is 1. The Hall–Kier alpha value is -2.63. The number of rotatable bonds is 5. The molecule has 1 heterocycles. The predicted molar refractivity (Wildman–Crippen MR) is 71.2 cm³/mol. The van der Waals surface area contributed by atoms with E-state index < -0.39 is 4.92 Å². The maximum atomic E-state index is 10.6. The smallest absolute Gasteiger partial charge is 0.271 e. The van der Waals surface area contributed by atoms with Crippen LogP contribution in [-0.4, -0.2) is 21.6 Å². The van der Waals surface area contributed by atoms with Gasteiger partial charge in [0.05, 0.1) is 10.6 Å². The number of aromatic nitrogens is 1. The summed E-state index contributed by atoms with van der Waals surface area (Å²) in [5.74, 6) is -0.00776. The van der Waals surface area contributed by atoms with Crippen molar-refractivity contribution < 1.29 is 10.0 Å². The van der Waals surface area contributed by atoms with Crippen LogP contribution in [0.3, 0.4) is 0 Å². The molecule has 0 atom stereocenters. The van der Waals surface area contributed by atoms with Crippen LogP contribution < -0.4 is 5.32 Å². The maximum Gasteiger partial charge on any atom is 0.271 e. The second-order valence-corrected chi connectivity index (χ2v) is 3.96. The van der Waals surface area contributed by atoms with E-state index in [2.05, 4.69) is 10.3 Å². The van der Waals surface area contributed by atoms with Gasteiger partial charge < -0.3 is 10.4 Å². The van der Waals surface area contributed by atoms with E-state index in [9.17, 15) is 15.2 Å². The highest BCUT2D eigenvalue weighted by Gasteiger charge is 2.09. The molecule has 6 heteroatoms. The molecule has 0 radical (unpaired) electrons. The fourth-order valence-corrected chi connectivity index (χ4v) is 1.65. The lowest BCUT2D eigenvalue weighted by Crippen LogP contribution is -2.06. The summed E-state index contributed by atoms with van der Waals surface area (Å²) in [6.07, 6.45) is 2.38. The van der Waals surface area contributed by atoms with Crippen molar-refractivity contribution in [2.24, 2.45) is 0 Å². The Kier molecular flexibility index (Phi) is 3.92. The summed E-state index contributed by atoms with van der Waals surface area (Å²) < 4.78 is 0. The molecule has 0 bridgehead atoms. The van der Waals surface area contributed by atoms with Crippen LogP contribution in [0.2, 0.25) is 0 Å². The standard InChI is InChI=1S/C13H13N3O3/c17-13-5-4-11(16(18)19)9-12(13)15-8-6-10-3-1-2-7-14-10/h1-5,7,9,15,17H,6,8H2. The minimum Gasteiger partial charge on any atom is -0.506 e. The lowest BCUT2D eigenvalue weighted by atomic mass is 10.2.